The van der Waals surface area contributed by atoms with Gasteiger partial charge in [-0.15, -0.1) is 0 Å². The Morgan fingerprint density at radius 3 is 2.24 bits per heavy atom. The van der Waals surface area contributed by atoms with Crippen LogP contribution < -0.4 is 0 Å². The lowest BCUT2D eigenvalue weighted by molar-refractivity contribution is 0.850. The molecule has 0 N–H and O–H groups in total. The van der Waals surface area contributed by atoms with Crippen LogP contribution in [0.15, 0.2) is 30.6 Å². The maximum atomic E-state index is 6.13. The molecule has 1 heterocycles. The summed E-state index contributed by atoms with van der Waals surface area (Å²) in [6, 6.07) is 7.56. The third kappa shape index (κ3) is 2.59. The zero-order valence-corrected chi connectivity index (χ0v) is 11.1. The first kappa shape index (κ1) is 12.3. The summed E-state index contributed by atoms with van der Waals surface area (Å²) in [5, 5.41) is 1.22. The molecule has 0 atom stereocenters. The van der Waals surface area contributed by atoms with Gasteiger partial charge in [0.1, 0.15) is 11.5 Å². The maximum Gasteiger partial charge on any atom is 0.136 e. The molecule has 1 aromatic heterocycles. The van der Waals surface area contributed by atoms with Crippen molar-refractivity contribution in [2.45, 2.75) is 19.8 Å². The van der Waals surface area contributed by atoms with E-state index >= 15 is 0 Å². The molecule has 0 aliphatic heterocycles. The van der Waals surface area contributed by atoms with Crippen molar-refractivity contribution in [3.63, 3.8) is 0 Å². The summed E-state index contributed by atoms with van der Waals surface area (Å²) < 4.78 is 0. The summed E-state index contributed by atoms with van der Waals surface area (Å²) in [5.74, 6) is 0.273. The van der Waals surface area contributed by atoms with E-state index in [1.54, 1.807) is 0 Å². The molecule has 2 nitrogen and oxygen atoms in total. The highest BCUT2D eigenvalue weighted by molar-refractivity contribution is 6.31. The Kier molecular flexibility index (Phi) is 3.65. The molecule has 0 aliphatic rings. The van der Waals surface area contributed by atoms with Crippen LogP contribution in [-0.2, 0) is 0 Å². The van der Waals surface area contributed by atoms with E-state index in [1.165, 1.54) is 6.33 Å². The van der Waals surface area contributed by atoms with Crippen LogP contribution in [0.3, 0.4) is 0 Å². The van der Waals surface area contributed by atoms with Crippen LogP contribution in [0.25, 0.3) is 11.3 Å². The van der Waals surface area contributed by atoms with Gasteiger partial charge in [-0.3, -0.25) is 0 Å². The van der Waals surface area contributed by atoms with Crippen molar-refractivity contribution in [1.29, 1.82) is 0 Å². The third-order valence-corrected chi connectivity index (χ3v) is 3.08. The molecule has 0 unspecified atom stereocenters. The van der Waals surface area contributed by atoms with E-state index in [1.807, 2.05) is 24.3 Å². The lowest BCUT2D eigenvalue weighted by Gasteiger charge is -2.12. The van der Waals surface area contributed by atoms with Crippen molar-refractivity contribution in [2.75, 3.05) is 0 Å². The Morgan fingerprint density at radius 2 is 1.65 bits per heavy atom. The molecule has 2 rings (SSSR count). The number of aromatic nitrogens is 2. The van der Waals surface area contributed by atoms with Crippen molar-refractivity contribution in [3.8, 4) is 11.3 Å². The predicted molar refractivity (Wildman–Crippen MR) is 71.6 cm³/mol. The smallest absolute Gasteiger partial charge is 0.136 e. The highest BCUT2D eigenvalue weighted by atomic mass is 35.5. The van der Waals surface area contributed by atoms with Gasteiger partial charge in [0.05, 0.1) is 5.69 Å². The van der Waals surface area contributed by atoms with Gasteiger partial charge >= 0.3 is 0 Å². The average molecular weight is 267 g/mol. The quantitative estimate of drug-likeness (QED) is 0.744. The van der Waals surface area contributed by atoms with Crippen LogP contribution >= 0.6 is 23.2 Å². The minimum atomic E-state index is 0.273. The molecule has 2 aromatic rings. The van der Waals surface area contributed by atoms with Gasteiger partial charge in [-0.1, -0.05) is 49.2 Å². The highest BCUT2D eigenvalue weighted by Gasteiger charge is 2.14. The summed E-state index contributed by atoms with van der Waals surface area (Å²) >= 11 is 12.0. The topological polar surface area (TPSA) is 25.8 Å². The largest absolute Gasteiger partial charge is 0.236 e. The van der Waals surface area contributed by atoms with E-state index in [0.717, 1.165) is 16.8 Å². The van der Waals surface area contributed by atoms with Crippen LogP contribution in [0.4, 0.5) is 0 Å². The number of benzene rings is 1. The van der Waals surface area contributed by atoms with Crippen molar-refractivity contribution in [3.05, 3.63) is 46.3 Å². The van der Waals surface area contributed by atoms with Gasteiger partial charge < -0.3 is 0 Å². The first-order valence-electron chi connectivity index (χ1n) is 5.36. The molecule has 88 valence electrons. The molecule has 1 aromatic carbocycles. The minimum Gasteiger partial charge on any atom is -0.236 e. The summed E-state index contributed by atoms with van der Waals surface area (Å²) in [6.07, 6.45) is 1.48. The Balaban J connectivity index is 2.59. The lowest BCUT2D eigenvalue weighted by atomic mass is 9.99. The molecular weight excluding hydrogens is 255 g/mol. The summed E-state index contributed by atoms with van der Waals surface area (Å²) in [6.45, 7) is 4.15. The molecule has 0 radical (unpaired) electrons. The zero-order valence-electron chi connectivity index (χ0n) is 9.61. The molecular formula is C13H12Cl2N2. The molecule has 0 saturated heterocycles. The van der Waals surface area contributed by atoms with Gasteiger partial charge in [0.25, 0.3) is 0 Å². The summed E-state index contributed by atoms with van der Waals surface area (Å²) in [5.41, 5.74) is 2.84. The molecule has 0 saturated carbocycles. The van der Waals surface area contributed by atoms with E-state index in [9.17, 15) is 0 Å². The van der Waals surface area contributed by atoms with E-state index in [4.69, 9.17) is 23.2 Å². The second-order valence-corrected chi connectivity index (χ2v) is 4.88. The number of nitrogens with zero attached hydrogens (tertiary/aromatic N) is 2. The molecule has 0 amide bonds. The summed E-state index contributed by atoms with van der Waals surface area (Å²) in [7, 11) is 0. The Morgan fingerprint density at radius 1 is 1.00 bits per heavy atom. The first-order chi connectivity index (χ1) is 8.09. The lowest BCUT2D eigenvalue weighted by Crippen LogP contribution is -1.98. The Hall–Kier alpha value is -1.12. The van der Waals surface area contributed by atoms with Crippen molar-refractivity contribution in [2.24, 2.45) is 0 Å². The van der Waals surface area contributed by atoms with Gasteiger partial charge in [0, 0.05) is 16.1 Å². The van der Waals surface area contributed by atoms with E-state index in [0.29, 0.717) is 10.2 Å². The van der Waals surface area contributed by atoms with Crippen molar-refractivity contribution < 1.29 is 0 Å². The van der Waals surface area contributed by atoms with Gasteiger partial charge in [-0.2, -0.15) is 0 Å². The van der Waals surface area contributed by atoms with Crippen LogP contribution in [0.1, 0.15) is 25.3 Å². The minimum absolute atomic E-state index is 0.273. The van der Waals surface area contributed by atoms with Crippen LogP contribution in [0.2, 0.25) is 10.2 Å². The Labute approximate surface area is 111 Å². The number of rotatable bonds is 2. The molecule has 4 heteroatoms. The van der Waals surface area contributed by atoms with Gasteiger partial charge in [0.2, 0.25) is 0 Å². The third-order valence-electron chi connectivity index (χ3n) is 2.53. The molecule has 0 fully saturated rings. The normalized spacial score (nSPS) is 10.9. The molecule has 0 spiro atoms. The van der Waals surface area contributed by atoms with Gasteiger partial charge in [-0.25, -0.2) is 9.97 Å². The summed E-state index contributed by atoms with van der Waals surface area (Å²) in [4.78, 5) is 8.35. The maximum absolute atomic E-state index is 6.13. The monoisotopic (exact) mass is 266 g/mol. The van der Waals surface area contributed by atoms with E-state index in [2.05, 4.69) is 23.8 Å². The Bertz CT molecular complexity index is 521. The average Bonchev–Trinajstić information content (AvgIpc) is 2.29. The second kappa shape index (κ2) is 5.03. The van der Waals surface area contributed by atoms with Crippen LogP contribution in [0, 0.1) is 0 Å². The zero-order chi connectivity index (χ0) is 12.4. The molecule has 17 heavy (non-hydrogen) atoms. The van der Waals surface area contributed by atoms with Crippen molar-refractivity contribution in [1.82, 2.24) is 9.97 Å². The SMILES string of the molecule is CC(C)c1c(Cl)ncnc1-c1ccc(Cl)cc1. The molecule has 0 bridgehead atoms. The fourth-order valence-corrected chi connectivity index (χ4v) is 2.20. The second-order valence-electron chi connectivity index (χ2n) is 4.09. The van der Waals surface area contributed by atoms with Crippen LogP contribution in [-0.4, -0.2) is 9.97 Å². The van der Waals surface area contributed by atoms with Crippen LogP contribution in [0.5, 0.6) is 0 Å². The van der Waals surface area contributed by atoms with Gasteiger partial charge in [0.15, 0.2) is 0 Å². The van der Waals surface area contributed by atoms with E-state index in [-0.39, 0.29) is 5.92 Å². The molecule has 0 aliphatic carbocycles. The highest BCUT2D eigenvalue weighted by Crippen LogP contribution is 2.31. The van der Waals surface area contributed by atoms with Gasteiger partial charge in [-0.05, 0) is 18.1 Å². The van der Waals surface area contributed by atoms with E-state index < -0.39 is 0 Å². The fourth-order valence-electron chi connectivity index (χ4n) is 1.72. The fraction of sp³-hybridized carbons (Fsp3) is 0.231. The number of halogens is 2. The first-order valence-corrected chi connectivity index (χ1v) is 6.11. The van der Waals surface area contributed by atoms with Crippen molar-refractivity contribution >= 4 is 23.2 Å². The number of hydrogen-bond donors (Lipinski definition) is 0. The standard InChI is InChI=1S/C13H12Cl2N2/c1-8(2)11-12(16-7-17-13(11)15)9-3-5-10(14)6-4-9/h3-8H,1-2H3. The predicted octanol–water partition coefficient (Wildman–Crippen LogP) is 4.57. The number of hydrogen-bond acceptors (Lipinski definition) is 2.